The van der Waals surface area contributed by atoms with Crippen LogP contribution in [0.4, 0.5) is 4.79 Å². The van der Waals surface area contributed by atoms with Crippen molar-refractivity contribution in [2.75, 3.05) is 0 Å². The minimum atomic E-state index is -1.01. The summed E-state index contributed by atoms with van der Waals surface area (Å²) in [6.45, 7) is 6.71. The van der Waals surface area contributed by atoms with E-state index in [9.17, 15) is 19.5 Å². The number of hydrogen-bond donors (Lipinski definition) is 3. The summed E-state index contributed by atoms with van der Waals surface area (Å²) >= 11 is 1.59. The van der Waals surface area contributed by atoms with E-state index < -0.39 is 24.1 Å². The maximum Gasteiger partial charge on any atom is 0.315 e. The topological polar surface area (TPSA) is 98.7 Å². The van der Waals surface area contributed by atoms with Gasteiger partial charge in [0.05, 0.1) is 19.0 Å². The van der Waals surface area contributed by atoms with Crippen molar-refractivity contribution in [3.05, 3.63) is 93.2 Å². The summed E-state index contributed by atoms with van der Waals surface area (Å²) in [6, 6.07) is 17.4. The fourth-order valence-electron chi connectivity index (χ4n) is 4.63. The van der Waals surface area contributed by atoms with Gasteiger partial charge in [-0.15, -0.1) is 11.3 Å². The van der Waals surface area contributed by atoms with Crippen molar-refractivity contribution in [3.63, 3.8) is 0 Å². The van der Waals surface area contributed by atoms with Crippen molar-refractivity contribution < 1.29 is 19.5 Å². The van der Waals surface area contributed by atoms with E-state index >= 15 is 0 Å². The number of nitrogens with one attached hydrogen (secondary N) is 2. The van der Waals surface area contributed by atoms with E-state index in [-0.39, 0.29) is 12.3 Å². The maximum absolute atomic E-state index is 13.9. The first-order valence-corrected chi connectivity index (χ1v) is 13.9. The molecule has 0 saturated carbocycles. The van der Waals surface area contributed by atoms with E-state index in [2.05, 4.69) is 10.6 Å². The second kappa shape index (κ2) is 14.3. The van der Waals surface area contributed by atoms with Gasteiger partial charge in [-0.25, -0.2) is 4.79 Å². The Bertz CT molecular complexity index is 1180. The lowest BCUT2D eigenvalue weighted by molar-refractivity contribution is -0.137. The van der Waals surface area contributed by atoms with Gasteiger partial charge in [0.2, 0.25) is 5.91 Å². The summed E-state index contributed by atoms with van der Waals surface area (Å²) in [5.74, 6) is -1.17. The van der Waals surface area contributed by atoms with Crippen molar-refractivity contribution >= 4 is 29.2 Å². The van der Waals surface area contributed by atoms with Crippen molar-refractivity contribution in [2.45, 2.75) is 71.6 Å². The molecule has 8 heteroatoms. The van der Waals surface area contributed by atoms with E-state index in [1.165, 1.54) is 0 Å². The lowest BCUT2D eigenvalue weighted by atomic mass is 9.94. The van der Waals surface area contributed by atoms with Crippen LogP contribution in [-0.4, -0.2) is 34.0 Å². The van der Waals surface area contributed by atoms with Gasteiger partial charge in [0.25, 0.3) is 0 Å². The number of unbranched alkanes of at least 4 members (excludes halogenated alkanes) is 1. The predicted octanol–water partition coefficient (Wildman–Crippen LogP) is 5.97. The van der Waals surface area contributed by atoms with Gasteiger partial charge in [0.1, 0.15) is 6.04 Å². The van der Waals surface area contributed by atoms with Crippen molar-refractivity contribution in [2.24, 2.45) is 0 Å². The third-order valence-corrected chi connectivity index (χ3v) is 7.34. The average molecular weight is 536 g/mol. The largest absolute Gasteiger partial charge is 0.481 e. The normalized spacial score (nSPS) is 12.4. The molecule has 0 spiro atoms. The molecule has 2 aromatic carbocycles. The molecule has 0 bridgehead atoms. The zero-order valence-electron chi connectivity index (χ0n) is 22.3. The predicted molar refractivity (Wildman–Crippen MR) is 151 cm³/mol. The molecule has 3 rings (SSSR count). The third-order valence-electron chi connectivity index (χ3n) is 6.48. The number of amides is 3. The number of hydrogen-bond acceptors (Lipinski definition) is 4. The molecule has 0 fully saturated rings. The highest BCUT2D eigenvalue weighted by atomic mass is 32.1. The van der Waals surface area contributed by atoms with Crippen LogP contribution in [0.15, 0.2) is 66.0 Å². The molecule has 0 aliphatic rings. The van der Waals surface area contributed by atoms with Crippen LogP contribution in [0.3, 0.4) is 0 Å². The van der Waals surface area contributed by atoms with Crippen LogP contribution in [-0.2, 0) is 22.7 Å². The molecule has 3 N–H and O–H groups in total. The number of benzene rings is 2. The van der Waals surface area contributed by atoms with E-state index in [1.807, 2.05) is 86.8 Å². The second-order valence-electron chi connectivity index (χ2n) is 9.53. The molecule has 2 atom stereocenters. The Labute approximate surface area is 228 Å². The standard InChI is InChI=1S/C30H37N3O4S/c1-4-5-16-25(29(36)33(20-24-15-10-17-38-24)19-23-13-7-6-8-14-23)31-30(37)32-26(18-27(34)35)28-21(2)11-9-12-22(28)3/h6-15,17,25-26H,4-5,16,18-20H2,1-3H3,(H,34,35)(H2,31,32,37)/t25-,26?/m0/s1. The first-order valence-electron chi connectivity index (χ1n) is 13.0. The lowest BCUT2D eigenvalue weighted by Crippen LogP contribution is -2.51. The summed E-state index contributed by atoms with van der Waals surface area (Å²) < 4.78 is 0. The van der Waals surface area contributed by atoms with Gasteiger partial charge in [-0.1, -0.05) is 74.4 Å². The van der Waals surface area contributed by atoms with E-state index in [0.29, 0.717) is 19.5 Å². The van der Waals surface area contributed by atoms with Gasteiger partial charge in [-0.3, -0.25) is 9.59 Å². The number of carboxylic acid groups (broad SMARTS) is 1. The highest BCUT2D eigenvalue weighted by molar-refractivity contribution is 7.09. The van der Waals surface area contributed by atoms with Crippen LogP contribution in [0.25, 0.3) is 0 Å². The highest BCUT2D eigenvalue weighted by Gasteiger charge is 2.28. The van der Waals surface area contributed by atoms with Gasteiger partial charge < -0.3 is 20.6 Å². The number of carboxylic acids is 1. The van der Waals surface area contributed by atoms with Crippen LogP contribution in [0.1, 0.15) is 65.8 Å². The molecule has 202 valence electrons. The average Bonchev–Trinajstić information content (AvgIpc) is 3.39. The second-order valence-corrected chi connectivity index (χ2v) is 10.6. The fraction of sp³-hybridized carbons (Fsp3) is 0.367. The molecular formula is C30H37N3O4S. The van der Waals surface area contributed by atoms with Gasteiger partial charge in [0, 0.05) is 11.4 Å². The minimum Gasteiger partial charge on any atom is -0.481 e. The van der Waals surface area contributed by atoms with Gasteiger partial charge >= 0.3 is 12.0 Å². The molecule has 1 aromatic heterocycles. The SMILES string of the molecule is CCCC[C@H](NC(=O)NC(CC(=O)O)c1c(C)cccc1C)C(=O)N(Cc1ccccc1)Cc1cccs1. The molecule has 0 saturated heterocycles. The molecule has 1 heterocycles. The molecule has 0 aliphatic heterocycles. The molecular weight excluding hydrogens is 498 g/mol. The minimum absolute atomic E-state index is 0.160. The first-order chi connectivity index (χ1) is 18.3. The highest BCUT2D eigenvalue weighted by Crippen LogP contribution is 2.25. The van der Waals surface area contributed by atoms with Crippen LogP contribution in [0.2, 0.25) is 0 Å². The molecule has 0 aliphatic carbocycles. The van der Waals surface area contributed by atoms with E-state index in [1.54, 1.807) is 16.2 Å². The summed E-state index contributed by atoms with van der Waals surface area (Å²) in [7, 11) is 0. The molecule has 38 heavy (non-hydrogen) atoms. The Balaban J connectivity index is 1.81. The van der Waals surface area contributed by atoms with E-state index in [0.717, 1.165) is 40.0 Å². The number of aliphatic carboxylic acids is 1. The summed E-state index contributed by atoms with van der Waals surface area (Å²) in [4.78, 5) is 41.6. The summed E-state index contributed by atoms with van der Waals surface area (Å²) in [5, 5.41) is 17.2. The van der Waals surface area contributed by atoms with Crippen molar-refractivity contribution in [3.8, 4) is 0 Å². The molecule has 3 aromatic rings. The Kier molecular flexibility index (Phi) is 10.9. The van der Waals surface area contributed by atoms with Crippen molar-refractivity contribution in [1.82, 2.24) is 15.5 Å². The van der Waals surface area contributed by atoms with Gasteiger partial charge in [-0.05, 0) is 54.0 Å². The van der Waals surface area contributed by atoms with Crippen molar-refractivity contribution in [1.29, 1.82) is 0 Å². The summed E-state index contributed by atoms with van der Waals surface area (Å²) in [5.41, 5.74) is 3.60. The van der Waals surface area contributed by atoms with Crippen LogP contribution in [0.5, 0.6) is 0 Å². The number of rotatable bonds is 13. The summed E-state index contributed by atoms with van der Waals surface area (Å²) in [6.07, 6.45) is 1.88. The number of thiophene rings is 1. The Morgan fingerprint density at radius 1 is 0.921 bits per heavy atom. The van der Waals surface area contributed by atoms with E-state index in [4.69, 9.17) is 0 Å². The van der Waals surface area contributed by atoms with Gasteiger partial charge in [0.15, 0.2) is 0 Å². The van der Waals surface area contributed by atoms with Gasteiger partial charge in [-0.2, -0.15) is 0 Å². The Hall–Kier alpha value is -3.65. The van der Waals surface area contributed by atoms with Crippen LogP contribution < -0.4 is 10.6 Å². The first kappa shape index (κ1) is 28.9. The number of urea groups is 1. The maximum atomic E-state index is 13.9. The Morgan fingerprint density at radius 2 is 1.63 bits per heavy atom. The fourth-order valence-corrected chi connectivity index (χ4v) is 5.35. The number of carbonyl (C=O) groups is 3. The molecule has 0 radical (unpaired) electrons. The number of carbonyl (C=O) groups excluding carboxylic acids is 2. The third kappa shape index (κ3) is 8.45. The quantitative estimate of drug-likeness (QED) is 0.251. The van der Waals surface area contributed by atoms with Crippen LogP contribution in [0, 0.1) is 13.8 Å². The zero-order valence-corrected chi connectivity index (χ0v) is 23.1. The molecule has 3 amide bonds. The molecule has 7 nitrogen and oxygen atoms in total. The Morgan fingerprint density at radius 3 is 2.24 bits per heavy atom. The van der Waals surface area contributed by atoms with Crippen LogP contribution >= 0.6 is 11.3 Å². The molecule has 1 unspecified atom stereocenters. The zero-order chi connectivity index (χ0) is 27.5. The number of nitrogens with zero attached hydrogens (tertiary/aromatic N) is 1. The lowest BCUT2D eigenvalue weighted by Gasteiger charge is -2.29. The number of aryl methyl sites for hydroxylation is 2. The monoisotopic (exact) mass is 535 g/mol. The smallest absolute Gasteiger partial charge is 0.315 e.